The molecule has 3 aromatic carbocycles. The van der Waals surface area contributed by atoms with Crippen LogP contribution in [0.4, 0.5) is 11.4 Å². The van der Waals surface area contributed by atoms with Crippen molar-refractivity contribution in [2.45, 2.75) is 6.61 Å². The molecule has 0 unspecified atom stereocenters. The van der Waals surface area contributed by atoms with E-state index in [0.29, 0.717) is 37.4 Å². The molecule has 0 spiro atoms. The first-order chi connectivity index (χ1) is 17.3. The second-order valence-corrected chi connectivity index (χ2v) is 10.6. The van der Waals surface area contributed by atoms with Crippen molar-refractivity contribution in [1.82, 2.24) is 0 Å². The van der Waals surface area contributed by atoms with Crippen molar-refractivity contribution in [3.05, 3.63) is 86.7 Å². The smallest absolute Gasteiger partial charge is 0.270 e. The van der Waals surface area contributed by atoms with Gasteiger partial charge in [-0.15, -0.1) is 0 Å². The van der Waals surface area contributed by atoms with Crippen LogP contribution in [0.5, 0.6) is 11.5 Å². The van der Waals surface area contributed by atoms with E-state index in [1.807, 2.05) is 67.5 Å². The first-order valence-electron chi connectivity index (χ1n) is 10.9. The monoisotopic (exact) mass is 579 g/mol. The average molecular weight is 581 g/mol. The molecule has 1 heterocycles. The standard InChI is InChI=1S/C27H22BrN3O3S2/c1-30(2)20-8-10-21(11-9-20)31-26(32)24(36-27(31)35)14-19-12-22(28)25(23(13-19)33-3)34-16-18-6-4-17(15-29)5-7-18/h4-14H,16H2,1-3H3/b24-14+. The van der Waals surface area contributed by atoms with Crippen molar-refractivity contribution in [1.29, 1.82) is 5.26 Å². The first-order valence-corrected chi connectivity index (χ1v) is 12.9. The maximum atomic E-state index is 13.2. The molecule has 6 nitrogen and oxygen atoms in total. The minimum atomic E-state index is -0.168. The molecule has 0 atom stereocenters. The summed E-state index contributed by atoms with van der Waals surface area (Å²) >= 11 is 10.3. The van der Waals surface area contributed by atoms with Gasteiger partial charge in [-0.05, 0) is 81.7 Å². The Balaban J connectivity index is 1.54. The van der Waals surface area contributed by atoms with Crippen LogP contribution in [0.25, 0.3) is 6.08 Å². The zero-order valence-corrected chi connectivity index (χ0v) is 23.0. The molecule has 1 aliphatic heterocycles. The summed E-state index contributed by atoms with van der Waals surface area (Å²) in [6, 6.07) is 20.7. The molecule has 1 aliphatic rings. The maximum absolute atomic E-state index is 13.2. The van der Waals surface area contributed by atoms with Gasteiger partial charge in [0.05, 0.1) is 33.8 Å². The third-order valence-corrected chi connectivity index (χ3v) is 7.32. The number of halogens is 1. The minimum Gasteiger partial charge on any atom is -0.493 e. The van der Waals surface area contributed by atoms with Crippen molar-refractivity contribution in [2.24, 2.45) is 0 Å². The minimum absolute atomic E-state index is 0.168. The van der Waals surface area contributed by atoms with E-state index < -0.39 is 0 Å². The van der Waals surface area contributed by atoms with E-state index in [9.17, 15) is 4.79 Å². The highest BCUT2D eigenvalue weighted by Gasteiger charge is 2.33. The van der Waals surface area contributed by atoms with Crippen LogP contribution in [0.1, 0.15) is 16.7 Å². The van der Waals surface area contributed by atoms with E-state index in [1.165, 1.54) is 11.8 Å². The number of anilines is 2. The summed E-state index contributed by atoms with van der Waals surface area (Å²) in [6.45, 7) is 0.311. The third kappa shape index (κ3) is 5.57. The van der Waals surface area contributed by atoms with Crippen LogP contribution in [-0.2, 0) is 11.4 Å². The van der Waals surface area contributed by atoms with Gasteiger partial charge in [0, 0.05) is 19.8 Å². The van der Waals surface area contributed by atoms with Crippen molar-refractivity contribution >= 4 is 67.6 Å². The van der Waals surface area contributed by atoms with Gasteiger partial charge in [0.2, 0.25) is 0 Å². The molecule has 36 heavy (non-hydrogen) atoms. The lowest BCUT2D eigenvalue weighted by atomic mass is 10.1. The maximum Gasteiger partial charge on any atom is 0.270 e. The Bertz CT molecular complexity index is 1380. The lowest BCUT2D eigenvalue weighted by molar-refractivity contribution is -0.113. The van der Waals surface area contributed by atoms with Gasteiger partial charge in [0.15, 0.2) is 15.8 Å². The predicted octanol–water partition coefficient (Wildman–Crippen LogP) is 6.38. The predicted molar refractivity (Wildman–Crippen MR) is 153 cm³/mol. The molecule has 0 bridgehead atoms. The molecule has 1 saturated heterocycles. The Morgan fingerprint density at radius 1 is 1.14 bits per heavy atom. The number of methoxy groups -OCH3 is 1. The van der Waals surface area contributed by atoms with E-state index in [4.69, 9.17) is 27.0 Å². The molecule has 9 heteroatoms. The quantitative estimate of drug-likeness (QED) is 0.237. The lowest BCUT2D eigenvalue weighted by Gasteiger charge is -2.17. The topological polar surface area (TPSA) is 65.8 Å². The summed E-state index contributed by atoms with van der Waals surface area (Å²) < 4.78 is 12.7. The SMILES string of the molecule is COc1cc(/C=C2/SC(=S)N(c3ccc(N(C)C)cc3)C2=O)cc(Br)c1OCc1ccc(C#N)cc1. The largest absolute Gasteiger partial charge is 0.493 e. The number of amides is 1. The number of thioether (sulfide) groups is 1. The highest BCUT2D eigenvalue weighted by molar-refractivity contribution is 9.10. The van der Waals surface area contributed by atoms with Crippen molar-refractivity contribution < 1.29 is 14.3 Å². The normalized spacial score (nSPS) is 14.2. The summed E-state index contributed by atoms with van der Waals surface area (Å²) in [5.74, 6) is 0.908. The summed E-state index contributed by atoms with van der Waals surface area (Å²) in [7, 11) is 5.50. The zero-order valence-electron chi connectivity index (χ0n) is 19.8. The molecule has 4 rings (SSSR count). The highest BCUT2D eigenvalue weighted by atomic mass is 79.9. The molecule has 3 aromatic rings. The Hall–Kier alpha value is -3.32. The molecule has 0 aliphatic carbocycles. The van der Waals surface area contributed by atoms with Gasteiger partial charge < -0.3 is 14.4 Å². The molecule has 182 valence electrons. The fourth-order valence-corrected chi connectivity index (χ4v) is 5.41. The number of thiocarbonyl (C=S) groups is 1. The van der Waals surface area contributed by atoms with E-state index in [0.717, 1.165) is 22.5 Å². The fourth-order valence-electron chi connectivity index (χ4n) is 3.54. The Labute approximate surface area is 228 Å². The number of rotatable bonds is 7. The molecule has 1 fully saturated rings. The van der Waals surface area contributed by atoms with Gasteiger partial charge in [-0.3, -0.25) is 9.69 Å². The fraction of sp³-hybridized carbons (Fsp3) is 0.148. The third-order valence-electron chi connectivity index (χ3n) is 5.43. The van der Waals surface area contributed by atoms with Gasteiger partial charge >= 0.3 is 0 Å². The second-order valence-electron chi connectivity index (χ2n) is 8.06. The highest BCUT2D eigenvalue weighted by Crippen LogP contribution is 2.40. The van der Waals surface area contributed by atoms with Gasteiger partial charge in [-0.2, -0.15) is 5.26 Å². The summed E-state index contributed by atoms with van der Waals surface area (Å²) in [5, 5.41) is 8.96. The van der Waals surface area contributed by atoms with Crippen molar-refractivity contribution in [2.75, 3.05) is 31.0 Å². The van der Waals surface area contributed by atoms with Crippen LogP contribution >= 0.6 is 39.9 Å². The van der Waals surface area contributed by atoms with Crippen LogP contribution in [0.3, 0.4) is 0 Å². The van der Waals surface area contributed by atoms with E-state index in [-0.39, 0.29) is 5.91 Å². The van der Waals surface area contributed by atoms with Crippen LogP contribution < -0.4 is 19.3 Å². The number of carbonyl (C=O) groups is 1. The zero-order chi connectivity index (χ0) is 25.8. The molecule has 0 saturated carbocycles. The number of ether oxygens (including phenoxy) is 2. The number of nitriles is 1. The summed E-state index contributed by atoms with van der Waals surface area (Å²) in [4.78, 5) is 17.3. The molecular weight excluding hydrogens is 558 g/mol. The number of hydrogen-bond donors (Lipinski definition) is 0. The lowest BCUT2D eigenvalue weighted by Crippen LogP contribution is -2.27. The van der Waals surface area contributed by atoms with Gasteiger partial charge in [-0.1, -0.05) is 36.1 Å². The van der Waals surface area contributed by atoms with E-state index in [1.54, 1.807) is 30.2 Å². The molecule has 0 radical (unpaired) electrons. The number of carbonyl (C=O) groups excluding carboxylic acids is 1. The first kappa shape index (κ1) is 25.8. The Morgan fingerprint density at radius 3 is 2.44 bits per heavy atom. The van der Waals surface area contributed by atoms with Crippen LogP contribution in [0, 0.1) is 11.3 Å². The van der Waals surface area contributed by atoms with Crippen molar-refractivity contribution in [3.63, 3.8) is 0 Å². The summed E-state index contributed by atoms with van der Waals surface area (Å²) in [5.41, 5.74) is 4.06. The van der Waals surface area contributed by atoms with Gasteiger partial charge in [-0.25, -0.2) is 0 Å². The van der Waals surface area contributed by atoms with Crippen LogP contribution in [-0.4, -0.2) is 31.4 Å². The molecule has 1 amide bonds. The Morgan fingerprint density at radius 2 is 1.83 bits per heavy atom. The summed E-state index contributed by atoms with van der Waals surface area (Å²) in [6.07, 6.45) is 1.80. The van der Waals surface area contributed by atoms with Crippen molar-refractivity contribution in [3.8, 4) is 17.6 Å². The molecule has 0 aromatic heterocycles. The van der Waals surface area contributed by atoms with E-state index >= 15 is 0 Å². The van der Waals surface area contributed by atoms with Gasteiger partial charge in [0.1, 0.15) is 6.61 Å². The number of nitrogens with zero attached hydrogens (tertiary/aromatic N) is 3. The second kappa shape index (κ2) is 11.2. The van der Waals surface area contributed by atoms with Crippen LogP contribution in [0.15, 0.2) is 70.0 Å². The van der Waals surface area contributed by atoms with E-state index in [2.05, 4.69) is 22.0 Å². The molecule has 0 N–H and O–H groups in total. The van der Waals surface area contributed by atoms with Gasteiger partial charge in [0.25, 0.3) is 5.91 Å². The molecular formula is C27H22BrN3O3S2. The number of benzene rings is 3. The van der Waals surface area contributed by atoms with Crippen LogP contribution in [0.2, 0.25) is 0 Å². The average Bonchev–Trinajstić information content (AvgIpc) is 3.15. The number of hydrogen-bond acceptors (Lipinski definition) is 7. The Kier molecular flexibility index (Phi) is 7.99.